The number of nitrogens with two attached hydrogens (primary N) is 2. The van der Waals surface area contributed by atoms with Gasteiger partial charge in [0, 0.05) is 0 Å². The van der Waals surface area contributed by atoms with E-state index < -0.39 is 5.91 Å². The van der Waals surface area contributed by atoms with Crippen molar-refractivity contribution >= 4 is 23.1 Å². The molecular formula is C2H5N3OS. The molecule has 40 valence electrons. The van der Waals surface area contributed by atoms with Crippen LogP contribution in [-0.2, 0) is 4.79 Å². The molecule has 1 amide bonds. The summed E-state index contributed by atoms with van der Waals surface area (Å²) in [4.78, 5) is 9.72. The second-order valence-electron chi connectivity index (χ2n) is 0.838. The zero-order valence-electron chi connectivity index (χ0n) is 3.47. The Kier molecular flexibility index (Phi) is 2.24. The molecule has 4 nitrogen and oxygen atoms in total. The highest BCUT2D eigenvalue weighted by Crippen LogP contribution is 1.60. The van der Waals surface area contributed by atoms with Crippen LogP contribution < -0.4 is 17.0 Å². The Bertz CT molecular complexity index is 101. The van der Waals surface area contributed by atoms with Gasteiger partial charge in [-0.3, -0.25) is 4.79 Å². The van der Waals surface area contributed by atoms with E-state index in [4.69, 9.17) is 0 Å². The second kappa shape index (κ2) is 2.49. The first kappa shape index (κ1) is 6.32. The van der Waals surface area contributed by atoms with E-state index in [1.54, 1.807) is 0 Å². The third-order valence-corrected chi connectivity index (χ3v) is 0.674. The Morgan fingerprint density at radius 3 is 2.14 bits per heavy atom. The van der Waals surface area contributed by atoms with Gasteiger partial charge in [-0.2, -0.15) is 0 Å². The SMILES string of the molecule is NNC(=S)C(N)=O. The summed E-state index contributed by atoms with van der Waals surface area (Å²) < 4.78 is 0. The molecule has 0 radical (unpaired) electrons. The number of carbonyl (C=O) groups excluding carboxylic acids is 1. The van der Waals surface area contributed by atoms with Crippen molar-refractivity contribution in [3.05, 3.63) is 0 Å². The Labute approximate surface area is 45.8 Å². The van der Waals surface area contributed by atoms with E-state index in [9.17, 15) is 4.79 Å². The average Bonchev–Trinajstić information content (AvgIpc) is 1.65. The maximum absolute atomic E-state index is 9.87. The zero-order chi connectivity index (χ0) is 5.86. The standard InChI is InChI=1S/C2H5N3OS/c3-1(6)2(7)5-4/h4H2,(H2,3,6)(H,5,7). The van der Waals surface area contributed by atoms with Crippen molar-refractivity contribution < 1.29 is 4.79 Å². The van der Waals surface area contributed by atoms with Crippen LogP contribution in [0.1, 0.15) is 0 Å². The third kappa shape index (κ3) is 2.07. The van der Waals surface area contributed by atoms with Gasteiger partial charge in [-0.1, -0.05) is 12.2 Å². The average molecular weight is 119 g/mol. The van der Waals surface area contributed by atoms with Crippen LogP contribution in [0, 0.1) is 0 Å². The first-order chi connectivity index (χ1) is 3.18. The number of hydrogen-bond acceptors (Lipinski definition) is 3. The van der Waals surface area contributed by atoms with Crippen molar-refractivity contribution in [1.82, 2.24) is 5.43 Å². The van der Waals surface area contributed by atoms with Crippen LogP contribution >= 0.6 is 12.2 Å². The summed E-state index contributed by atoms with van der Waals surface area (Å²) >= 11 is 4.27. The minimum atomic E-state index is -0.711. The van der Waals surface area contributed by atoms with Crippen LogP contribution in [0.25, 0.3) is 0 Å². The first-order valence-electron chi connectivity index (χ1n) is 1.49. The summed E-state index contributed by atoms with van der Waals surface area (Å²) in [7, 11) is 0. The van der Waals surface area contributed by atoms with Crippen molar-refractivity contribution in [3.8, 4) is 0 Å². The Balaban J connectivity index is 3.58. The number of hydrazine groups is 1. The van der Waals surface area contributed by atoms with Crippen LogP contribution in [0.3, 0.4) is 0 Å². The summed E-state index contributed by atoms with van der Waals surface area (Å²) in [6, 6.07) is 0. The lowest BCUT2D eigenvalue weighted by Gasteiger charge is -1.91. The van der Waals surface area contributed by atoms with Crippen molar-refractivity contribution in [3.63, 3.8) is 0 Å². The van der Waals surface area contributed by atoms with E-state index in [0.717, 1.165) is 0 Å². The van der Waals surface area contributed by atoms with Gasteiger partial charge >= 0.3 is 0 Å². The van der Waals surface area contributed by atoms with Crippen LogP contribution in [0.15, 0.2) is 0 Å². The molecule has 0 spiro atoms. The molecule has 0 unspecified atom stereocenters. The molecule has 7 heavy (non-hydrogen) atoms. The van der Waals surface area contributed by atoms with E-state index in [-0.39, 0.29) is 4.99 Å². The normalized spacial score (nSPS) is 7.57. The molecule has 0 aliphatic heterocycles. The van der Waals surface area contributed by atoms with Crippen molar-refractivity contribution in [2.45, 2.75) is 0 Å². The fraction of sp³-hybridized carbons (Fsp3) is 0. The first-order valence-corrected chi connectivity index (χ1v) is 1.89. The molecule has 5 heteroatoms. The number of thiocarbonyl (C=S) groups is 1. The molecule has 0 aromatic rings. The number of hydrogen-bond donors (Lipinski definition) is 3. The molecule has 5 N–H and O–H groups in total. The van der Waals surface area contributed by atoms with E-state index >= 15 is 0 Å². The summed E-state index contributed by atoms with van der Waals surface area (Å²) in [6.45, 7) is 0. The van der Waals surface area contributed by atoms with Crippen LogP contribution in [0.2, 0.25) is 0 Å². The van der Waals surface area contributed by atoms with Gasteiger partial charge in [-0.25, -0.2) is 5.84 Å². The number of nitrogens with one attached hydrogen (secondary N) is 1. The van der Waals surface area contributed by atoms with E-state index in [1.807, 2.05) is 5.43 Å². The zero-order valence-corrected chi connectivity index (χ0v) is 4.29. The highest BCUT2D eigenvalue weighted by atomic mass is 32.1. The third-order valence-electron chi connectivity index (χ3n) is 0.355. The van der Waals surface area contributed by atoms with Gasteiger partial charge in [0.15, 0.2) is 4.99 Å². The molecule has 0 saturated carbocycles. The maximum Gasteiger partial charge on any atom is 0.277 e. The van der Waals surface area contributed by atoms with E-state index in [0.29, 0.717) is 0 Å². The minimum Gasteiger partial charge on any atom is -0.364 e. The Hall–Kier alpha value is -0.680. The minimum absolute atomic E-state index is 0.153. The van der Waals surface area contributed by atoms with Crippen LogP contribution in [0.5, 0.6) is 0 Å². The lowest BCUT2D eigenvalue weighted by Crippen LogP contribution is -2.38. The summed E-state index contributed by atoms with van der Waals surface area (Å²) in [5, 5.41) is 0. The van der Waals surface area contributed by atoms with E-state index in [2.05, 4.69) is 23.8 Å². The van der Waals surface area contributed by atoms with Gasteiger partial charge in [-0.15, -0.1) is 0 Å². The second-order valence-corrected chi connectivity index (χ2v) is 1.25. The molecule has 0 aromatic carbocycles. The highest BCUT2D eigenvalue weighted by Gasteiger charge is 1.96. The van der Waals surface area contributed by atoms with Crippen LogP contribution in [-0.4, -0.2) is 10.9 Å². The van der Waals surface area contributed by atoms with Crippen molar-refractivity contribution in [2.24, 2.45) is 11.6 Å². The molecule has 0 rings (SSSR count). The summed E-state index contributed by atoms with van der Waals surface area (Å²) in [5.41, 5.74) is 6.55. The number of rotatable bonds is 0. The molecule has 0 saturated heterocycles. The fourth-order valence-corrected chi connectivity index (χ4v) is 0.0711. The molecule has 0 heterocycles. The smallest absolute Gasteiger partial charge is 0.277 e. The molecule has 0 aliphatic rings. The molecule has 0 fully saturated rings. The quantitative estimate of drug-likeness (QED) is 0.201. The lowest BCUT2D eigenvalue weighted by atomic mass is 10.6. The molecular weight excluding hydrogens is 114 g/mol. The molecule has 0 atom stereocenters. The maximum atomic E-state index is 9.87. The largest absolute Gasteiger partial charge is 0.364 e. The van der Waals surface area contributed by atoms with E-state index in [1.165, 1.54) is 0 Å². The fourth-order valence-electron chi connectivity index (χ4n) is 0.0711. The highest BCUT2D eigenvalue weighted by molar-refractivity contribution is 7.82. The van der Waals surface area contributed by atoms with Gasteiger partial charge in [-0.05, 0) is 0 Å². The van der Waals surface area contributed by atoms with Gasteiger partial charge < -0.3 is 11.2 Å². The summed E-state index contributed by atoms with van der Waals surface area (Å²) in [6.07, 6.45) is 0. The van der Waals surface area contributed by atoms with Gasteiger partial charge in [0.05, 0.1) is 0 Å². The van der Waals surface area contributed by atoms with Crippen LogP contribution in [0.4, 0.5) is 0 Å². The molecule has 0 bridgehead atoms. The predicted molar refractivity (Wildman–Crippen MR) is 29.1 cm³/mol. The number of carbonyl (C=O) groups is 1. The topological polar surface area (TPSA) is 81.1 Å². The lowest BCUT2D eigenvalue weighted by molar-refractivity contribution is -0.112. The van der Waals surface area contributed by atoms with Gasteiger partial charge in [0.2, 0.25) is 0 Å². The van der Waals surface area contributed by atoms with Crippen molar-refractivity contribution in [1.29, 1.82) is 0 Å². The number of primary amides is 1. The van der Waals surface area contributed by atoms with Gasteiger partial charge in [0.25, 0.3) is 5.91 Å². The Morgan fingerprint density at radius 1 is 1.71 bits per heavy atom. The predicted octanol–water partition coefficient (Wildman–Crippen LogP) is -1.74. The summed E-state index contributed by atoms with van der Waals surface area (Å²) in [5.74, 6) is 3.97. The Morgan fingerprint density at radius 2 is 2.14 bits per heavy atom. The van der Waals surface area contributed by atoms with Gasteiger partial charge in [0.1, 0.15) is 0 Å². The molecule has 0 aromatic heterocycles. The molecule has 0 aliphatic carbocycles. The number of amides is 1. The monoisotopic (exact) mass is 119 g/mol. The van der Waals surface area contributed by atoms with Crippen molar-refractivity contribution in [2.75, 3.05) is 0 Å².